The third-order valence-corrected chi connectivity index (χ3v) is 4.10. The standard InChI is InChI=1S/C15H28N2/c1-4-14-7-5-10-17(12-8-14)11-6-9-15(2,3)13-16/h14H,4-12H2,1-3H3. The summed E-state index contributed by atoms with van der Waals surface area (Å²) in [5.74, 6) is 0.954. The van der Waals surface area contributed by atoms with Gasteiger partial charge < -0.3 is 4.90 Å². The Hall–Kier alpha value is -0.550. The molecule has 0 N–H and O–H groups in total. The van der Waals surface area contributed by atoms with Gasteiger partial charge in [-0.3, -0.25) is 0 Å². The van der Waals surface area contributed by atoms with Gasteiger partial charge in [-0.2, -0.15) is 5.26 Å². The molecule has 0 spiro atoms. The number of likely N-dealkylation sites (tertiary alicyclic amines) is 1. The van der Waals surface area contributed by atoms with Crippen LogP contribution in [0.25, 0.3) is 0 Å². The summed E-state index contributed by atoms with van der Waals surface area (Å²) in [6.45, 7) is 10.1. The molecule has 2 nitrogen and oxygen atoms in total. The topological polar surface area (TPSA) is 27.0 Å². The third kappa shape index (κ3) is 5.55. The van der Waals surface area contributed by atoms with Crippen molar-refractivity contribution in [3.05, 3.63) is 0 Å². The lowest BCUT2D eigenvalue weighted by Crippen LogP contribution is -2.27. The predicted octanol–water partition coefficient (Wildman–Crippen LogP) is 3.83. The van der Waals surface area contributed by atoms with E-state index in [0.717, 1.165) is 18.8 Å². The molecule has 1 aliphatic rings. The minimum Gasteiger partial charge on any atom is -0.303 e. The molecule has 2 heteroatoms. The second-order valence-electron chi connectivity index (χ2n) is 6.15. The highest BCUT2D eigenvalue weighted by atomic mass is 15.1. The molecule has 1 rings (SSSR count). The zero-order valence-electron chi connectivity index (χ0n) is 11.8. The van der Waals surface area contributed by atoms with Crippen molar-refractivity contribution in [2.75, 3.05) is 19.6 Å². The van der Waals surface area contributed by atoms with E-state index in [1.807, 2.05) is 13.8 Å². The molecule has 0 aromatic heterocycles. The smallest absolute Gasteiger partial charge is 0.0683 e. The molecule has 1 heterocycles. The van der Waals surface area contributed by atoms with E-state index < -0.39 is 0 Å². The van der Waals surface area contributed by atoms with Gasteiger partial charge in [0.15, 0.2) is 0 Å². The molecule has 0 aromatic carbocycles. The van der Waals surface area contributed by atoms with Gasteiger partial charge in [0, 0.05) is 0 Å². The van der Waals surface area contributed by atoms with Crippen LogP contribution in [0.3, 0.4) is 0 Å². The molecule has 1 fully saturated rings. The first-order valence-electron chi connectivity index (χ1n) is 7.21. The lowest BCUT2D eigenvalue weighted by molar-refractivity contribution is 0.261. The van der Waals surface area contributed by atoms with Crippen LogP contribution in [0.5, 0.6) is 0 Å². The first-order valence-corrected chi connectivity index (χ1v) is 7.21. The van der Waals surface area contributed by atoms with Crippen LogP contribution in [-0.4, -0.2) is 24.5 Å². The Balaban J connectivity index is 2.22. The molecule has 98 valence electrons. The Morgan fingerprint density at radius 3 is 2.71 bits per heavy atom. The molecular weight excluding hydrogens is 208 g/mol. The van der Waals surface area contributed by atoms with Crippen molar-refractivity contribution in [1.29, 1.82) is 5.26 Å². The fourth-order valence-electron chi connectivity index (χ4n) is 2.66. The van der Waals surface area contributed by atoms with E-state index in [9.17, 15) is 0 Å². The number of rotatable bonds is 5. The highest BCUT2D eigenvalue weighted by molar-refractivity contribution is 4.91. The molecule has 0 amide bonds. The van der Waals surface area contributed by atoms with Gasteiger partial charge in [0.25, 0.3) is 0 Å². The molecule has 0 saturated carbocycles. The van der Waals surface area contributed by atoms with E-state index in [4.69, 9.17) is 5.26 Å². The molecule has 0 aliphatic carbocycles. The third-order valence-electron chi connectivity index (χ3n) is 4.10. The van der Waals surface area contributed by atoms with Crippen LogP contribution in [0.4, 0.5) is 0 Å². The van der Waals surface area contributed by atoms with Gasteiger partial charge in [0.05, 0.1) is 11.5 Å². The molecule has 1 unspecified atom stereocenters. The Labute approximate surface area is 107 Å². The lowest BCUT2D eigenvalue weighted by atomic mass is 9.90. The Kier molecular flexibility index (Phi) is 5.98. The van der Waals surface area contributed by atoms with Gasteiger partial charge in [-0.25, -0.2) is 0 Å². The van der Waals surface area contributed by atoms with Crippen molar-refractivity contribution < 1.29 is 0 Å². The van der Waals surface area contributed by atoms with Crippen LogP contribution in [-0.2, 0) is 0 Å². The van der Waals surface area contributed by atoms with Crippen LogP contribution in [0, 0.1) is 22.7 Å². The van der Waals surface area contributed by atoms with E-state index in [2.05, 4.69) is 17.9 Å². The fraction of sp³-hybridized carbons (Fsp3) is 0.933. The quantitative estimate of drug-likeness (QED) is 0.725. The first-order chi connectivity index (χ1) is 8.07. The Bertz CT molecular complexity index is 252. The minimum atomic E-state index is -0.141. The Morgan fingerprint density at radius 1 is 1.29 bits per heavy atom. The summed E-state index contributed by atoms with van der Waals surface area (Å²) in [5, 5.41) is 8.98. The molecule has 0 aromatic rings. The summed E-state index contributed by atoms with van der Waals surface area (Å²) in [7, 11) is 0. The van der Waals surface area contributed by atoms with E-state index in [-0.39, 0.29) is 5.41 Å². The van der Waals surface area contributed by atoms with Crippen molar-refractivity contribution in [3.63, 3.8) is 0 Å². The van der Waals surface area contributed by atoms with Crippen LogP contribution in [0.2, 0.25) is 0 Å². The maximum Gasteiger partial charge on any atom is 0.0683 e. The van der Waals surface area contributed by atoms with E-state index in [1.165, 1.54) is 45.3 Å². The maximum atomic E-state index is 8.98. The minimum absolute atomic E-state index is 0.141. The van der Waals surface area contributed by atoms with Gasteiger partial charge in [-0.1, -0.05) is 13.3 Å². The number of hydrogen-bond acceptors (Lipinski definition) is 2. The molecule has 1 saturated heterocycles. The second-order valence-corrected chi connectivity index (χ2v) is 6.15. The monoisotopic (exact) mass is 236 g/mol. The van der Waals surface area contributed by atoms with Gasteiger partial charge in [0.2, 0.25) is 0 Å². The van der Waals surface area contributed by atoms with E-state index in [1.54, 1.807) is 0 Å². The van der Waals surface area contributed by atoms with Crippen LogP contribution < -0.4 is 0 Å². The van der Waals surface area contributed by atoms with E-state index >= 15 is 0 Å². The lowest BCUT2D eigenvalue weighted by Gasteiger charge is -2.22. The van der Waals surface area contributed by atoms with Crippen LogP contribution in [0.15, 0.2) is 0 Å². The number of hydrogen-bond donors (Lipinski definition) is 0. The van der Waals surface area contributed by atoms with Crippen molar-refractivity contribution >= 4 is 0 Å². The first kappa shape index (κ1) is 14.5. The predicted molar refractivity (Wildman–Crippen MR) is 72.7 cm³/mol. The van der Waals surface area contributed by atoms with Gasteiger partial charge >= 0.3 is 0 Å². The fourth-order valence-corrected chi connectivity index (χ4v) is 2.66. The SMILES string of the molecule is CCC1CCCN(CCCC(C)(C)C#N)CC1. The molecule has 1 aliphatic heterocycles. The van der Waals surface area contributed by atoms with E-state index in [0.29, 0.717) is 0 Å². The summed E-state index contributed by atoms with van der Waals surface area (Å²) in [4.78, 5) is 2.60. The highest BCUT2D eigenvalue weighted by Crippen LogP contribution is 2.23. The van der Waals surface area contributed by atoms with Gasteiger partial charge in [-0.05, 0) is 71.5 Å². The normalized spacial score (nSPS) is 23.1. The summed E-state index contributed by atoms with van der Waals surface area (Å²) >= 11 is 0. The summed E-state index contributed by atoms with van der Waals surface area (Å²) < 4.78 is 0. The highest BCUT2D eigenvalue weighted by Gasteiger charge is 2.18. The summed E-state index contributed by atoms with van der Waals surface area (Å²) in [5.41, 5.74) is -0.141. The molecule has 0 bridgehead atoms. The van der Waals surface area contributed by atoms with Crippen molar-refractivity contribution in [2.45, 2.75) is 59.3 Å². The average molecular weight is 236 g/mol. The summed E-state index contributed by atoms with van der Waals surface area (Å²) in [6, 6.07) is 2.39. The number of nitriles is 1. The zero-order chi connectivity index (χ0) is 12.7. The Morgan fingerprint density at radius 2 is 2.06 bits per heavy atom. The van der Waals surface area contributed by atoms with Crippen molar-refractivity contribution in [2.24, 2.45) is 11.3 Å². The maximum absolute atomic E-state index is 8.98. The molecule has 17 heavy (non-hydrogen) atoms. The van der Waals surface area contributed by atoms with Crippen LogP contribution in [0.1, 0.15) is 59.3 Å². The molecule has 1 atom stereocenters. The second kappa shape index (κ2) is 7.01. The van der Waals surface area contributed by atoms with Gasteiger partial charge in [0.1, 0.15) is 0 Å². The van der Waals surface area contributed by atoms with Gasteiger partial charge in [-0.15, -0.1) is 0 Å². The molecule has 0 radical (unpaired) electrons. The van der Waals surface area contributed by atoms with Crippen molar-refractivity contribution in [1.82, 2.24) is 4.90 Å². The summed E-state index contributed by atoms with van der Waals surface area (Å²) in [6.07, 6.45) is 7.68. The number of nitrogens with zero attached hydrogens (tertiary/aromatic N) is 2. The zero-order valence-corrected chi connectivity index (χ0v) is 11.8. The van der Waals surface area contributed by atoms with Crippen molar-refractivity contribution in [3.8, 4) is 6.07 Å². The average Bonchev–Trinajstić information content (AvgIpc) is 2.54. The van der Waals surface area contributed by atoms with Crippen LogP contribution >= 0.6 is 0 Å². The molecular formula is C15H28N2. The largest absolute Gasteiger partial charge is 0.303 e.